The minimum atomic E-state index is -4.40. The molecule has 0 saturated carbocycles. The number of halogens is 4. The zero-order valence-electron chi connectivity index (χ0n) is 12.1. The van der Waals surface area contributed by atoms with Crippen LogP contribution in [0.1, 0.15) is 11.1 Å². The summed E-state index contributed by atoms with van der Waals surface area (Å²) in [7, 11) is 0. The van der Waals surface area contributed by atoms with Gasteiger partial charge in [-0.3, -0.25) is 0 Å². The fraction of sp³-hybridized carbons (Fsp3) is 0.118. The standard InChI is InChI=1S/C17H12BrF3N2/c1-11-2-4-12(5-3-11)15-8-9-22-23(15)16-10-13(17(19,20)21)6-7-14(16)18/h2-10H,1H3. The normalized spacial score (nSPS) is 11.7. The van der Waals surface area contributed by atoms with Crippen molar-refractivity contribution < 1.29 is 13.2 Å². The second-order valence-corrected chi connectivity index (χ2v) is 6.01. The molecule has 0 aliphatic carbocycles. The van der Waals surface area contributed by atoms with Gasteiger partial charge < -0.3 is 0 Å². The number of alkyl halides is 3. The highest BCUT2D eigenvalue weighted by atomic mass is 79.9. The van der Waals surface area contributed by atoms with E-state index in [1.807, 2.05) is 31.2 Å². The molecule has 0 unspecified atom stereocenters. The van der Waals surface area contributed by atoms with Crippen molar-refractivity contribution in [2.24, 2.45) is 0 Å². The van der Waals surface area contributed by atoms with E-state index in [1.165, 1.54) is 10.7 Å². The maximum Gasteiger partial charge on any atom is 0.416 e. The van der Waals surface area contributed by atoms with E-state index < -0.39 is 11.7 Å². The fourth-order valence-corrected chi connectivity index (χ4v) is 2.70. The Labute approximate surface area is 139 Å². The number of nitrogens with zero attached hydrogens (tertiary/aromatic N) is 2. The molecular formula is C17H12BrF3N2. The van der Waals surface area contributed by atoms with Gasteiger partial charge in [-0.2, -0.15) is 18.3 Å². The summed E-state index contributed by atoms with van der Waals surface area (Å²) in [6.07, 6.45) is -2.82. The Morgan fingerprint density at radius 2 is 1.70 bits per heavy atom. The zero-order valence-corrected chi connectivity index (χ0v) is 13.7. The lowest BCUT2D eigenvalue weighted by atomic mass is 10.1. The summed E-state index contributed by atoms with van der Waals surface area (Å²) >= 11 is 3.31. The first-order valence-corrected chi connectivity index (χ1v) is 7.64. The molecule has 1 aromatic heterocycles. The molecule has 0 fully saturated rings. The van der Waals surface area contributed by atoms with Gasteiger partial charge in [-0.25, -0.2) is 4.68 Å². The highest BCUT2D eigenvalue weighted by molar-refractivity contribution is 9.10. The van der Waals surface area contributed by atoms with Gasteiger partial charge in [0.2, 0.25) is 0 Å². The van der Waals surface area contributed by atoms with Crippen molar-refractivity contribution in [2.45, 2.75) is 13.1 Å². The first kappa shape index (κ1) is 15.8. The molecule has 0 radical (unpaired) electrons. The SMILES string of the molecule is Cc1ccc(-c2ccnn2-c2cc(C(F)(F)F)ccc2Br)cc1. The van der Waals surface area contributed by atoms with Crippen molar-refractivity contribution >= 4 is 15.9 Å². The average Bonchev–Trinajstić information content (AvgIpc) is 2.96. The summed E-state index contributed by atoms with van der Waals surface area (Å²) < 4.78 is 40.9. The lowest BCUT2D eigenvalue weighted by Gasteiger charge is -2.13. The van der Waals surface area contributed by atoms with Gasteiger partial charge in [-0.05, 0) is 47.1 Å². The smallest absolute Gasteiger partial charge is 0.232 e. The Morgan fingerprint density at radius 3 is 2.35 bits per heavy atom. The second-order valence-electron chi connectivity index (χ2n) is 5.16. The maximum atomic E-state index is 13.0. The summed E-state index contributed by atoms with van der Waals surface area (Å²) in [4.78, 5) is 0. The molecule has 0 atom stereocenters. The van der Waals surface area contributed by atoms with Crippen LogP contribution in [0.3, 0.4) is 0 Å². The summed E-state index contributed by atoms with van der Waals surface area (Å²) in [6, 6.07) is 13.0. The molecule has 0 aliphatic rings. The molecule has 0 amide bonds. The largest absolute Gasteiger partial charge is 0.416 e. The van der Waals surface area contributed by atoms with Crippen molar-refractivity contribution in [3.05, 3.63) is 70.3 Å². The minimum Gasteiger partial charge on any atom is -0.232 e. The third-order valence-electron chi connectivity index (χ3n) is 3.49. The number of aryl methyl sites for hydroxylation is 1. The van der Waals surface area contributed by atoms with Gasteiger partial charge in [0.1, 0.15) is 0 Å². The van der Waals surface area contributed by atoms with Gasteiger partial charge >= 0.3 is 6.18 Å². The van der Waals surface area contributed by atoms with E-state index in [9.17, 15) is 13.2 Å². The number of hydrogen-bond donors (Lipinski definition) is 0. The van der Waals surface area contributed by atoms with E-state index in [4.69, 9.17) is 0 Å². The predicted molar refractivity (Wildman–Crippen MR) is 86.4 cm³/mol. The van der Waals surface area contributed by atoms with Crippen LogP contribution in [0.4, 0.5) is 13.2 Å². The summed E-state index contributed by atoms with van der Waals surface area (Å²) in [6.45, 7) is 1.98. The molecule has 1 heterocycles. The van der Waals surface area contributed by atoms with Crippen molar-refractivity contribution in [3.8, 4) is 16.9 Å². The van der Waals surface area contributed by atoms with Gasteiger partial charge in [0, 0.05) is 10.0 Å². The first-order valence-electron chi connectivity index (χ1n) is 6.84. The summed E-state index contributed by atoms with van der Waals surface area (Å²) in [5.41, 5.74) is 2.36. The van der Waals surface area contributed by atoms with Crippen molar-refractivity contribution in [1.82, 2.24) is 9.78 Å². The Kier molecular flexibility index (Phi) is 4.02. The Hall–Kier alpha value is -2.08. The molecule has 0 bridgehead atoms. The lowest BCUT2D eigenvalue weighted by Crippen LogP contribution is -2.07. The number of benzene rings is 2. The van der Waals surface area contributed by atoms with E-state index in [1.54, 1.807) is 12.3 Å². The monoisotopic (exact) mass is 380 g/mol. The van der Waals surface area contributed by atoms with Crippen molar-refractivity contribution in [3.63, 3.8) is 0 Å². The van der Waals surface area contributed by atoms with Crippen LogP contribution >= 0.6 is 15.9 Å². The molecule has 2 nitrogen and oxygen atoms in total. The highest BCUT2D eigenvalue weighted by Gasteiger charge is 2.31. The highest BCUT2D eigenvalue weighted by Crippen LogP contribution is 2.34. The van der Waals surface area contributed by atoms with Gasteiger partial charge in [0.25, 0.3) is 0 Å². The van der Waals surface area contributed by atoms with Gasteiger partial charge in [-0.15, -0.1) is 0 Å². The molecule has 0 aliphatic heterocycles. The van der Waals surface area contributed by atoms with Crippen LogP contribution in [0.15, 0.2) is 59.2 Å². The molecule has 118 valence electrons. The number of hydrogen-bond acceptors (Lipinski definition) is 1. The number of rotatable bonds is 2. The summed E-state index contributed by atoms with van der Waals surface area (Å²) in [5.74, 6) is 0. The molecule has 2 aromatic carbocycles. The van der Waals surface area contributed by atoms with E-state index in [0.717, 1.165) is 29.0 Å². The topological polar surface area (TPSA) is 17.8 Å². The molecular weight excluding hydrogens is 369 g/mol. The average molecular weight is 381 g/mol. The Balaban J connectivity index is 2.14. The molecule has 23 heavy (non-hydrogen) atoms. The first-order chi connectivity index (χ1) is 10.9. The van der Waals surface area contributed by atoms with Gasteiger partial charge in [0.15, 0.2) is 0 Å². The van der Waals surface area contributed by atoms with Crippen LogP contribution < -0.4 is 0 Å². The molecule has 3 aromatic rings. The Morgan fingerprint density at radius 1 is 1.00 bits per heavy atom. The van der Waals surface area contributed by atoms with Crippen LogP contribution in [0.5, 0.6) is 0 Å². The van der Waals surface area contributed by atoms with E-state index in [-0.39, 0.29) is 0 Å². The van der Waals surface area contributed by atoms with Crippen molar-refractivity contribution in [1.29, 1.82) is 0 Å². The van der Waals surface area contributed by atoms with Crippen LogP contribution in [-0.2, 0) is 6.18 Å². The third kappa shape index (κ3) is 3.17. The molecule has 6 heteroatoms. The van der Waals surface area contributed by atoms with Crippen molar-refractivity contribution in [2.75, 3.05) is 0 Å². The van der Waals surface area contributed by atoms with Crippen LogP contribution in [0, 0.1) is 6.92 Å². The van der Waals surface area contributed by atoms with Crippen LogP contribution in [-0.4, -0.2) is 9.78 Å². The molecule has 0 N–H and O–H groups in total. The minimum absolute atomic E-state index is 0.348. The molecule has 0 spiro atoms. The fourth-order valence-electron chi connectivity index (χ4n) is 2.29. The van der Waals surface area contributed by atoms with Crippen LogP contribution in [0.2, 0.25) is 0 Å². The maximum absolute atomic E-state index is 13.0. The lowest BCUT2D eigenvalue weighted by molar-refractivity contribution is -0.137. The third-order valence-corrected chi connectivity index (χ3v) is 4.16. The van der Waals surface area contributed by atoms with Gasteiger partial charge in [0.05, 0.1) is 23.1 Å². The van der Waals surface area contributed by atoms with E-state index >= 15 is 0 Å². The van der Waals surface area contributed by atoms with Gasteiger partial charge in [-0.1, -0.05) is 29.8 Å². The van der Waals surface area contributed by atoms with E-state index in [0.29, 0.717) is 10.2 Å². The predicted octanol–water partition coefficient (Wildman–Crippen LogP) is 5.63. The molecule has 3 rings (SSSR count). The Bertz CT molecular complexity index is 836. The second kappa shape index (κ2) is 5.85. The summed E-state index contributed by atoms with van der Waals surface area (Å²) in [5, 5.41) is 4.19. The zero-order chi connectivity index (χ0) is 16.6. The van der Waals surface area contributed by atoms with Crippen LogP contribution in [0.25, 0.3) is 16.9 Å². The number of aromatic nitrogens is 2. The quantitative estimate of drug-likeness (QED) is 0.563. The van der Waals surface area contributed by atoms with E-state index in [2.05, 4.69) is 21.0 Å². The molecule has 0 saturated heterocycles.